The molecule has 2 aliphatic heterocycles. The van der Waals surface area contributed by atoms with Crippen molar-refractivity contribution in [2.75, 3.05) is 12.1 Å². The van der Waals surface area contributed by atoms with Gasteiger partial charge in [0.2, 0.25) is 12.7 Å². The maximum absolute atomic E-state index is 12.7. The molecule has 0 fully saturated rings. The van der Waals surface area contributed by atoms with E-state index in [4.69, 9.17) is 21.1 Å². The van der Waals surface area contributed by atoms with Crippen LogP contribution in [0.25, 0.3) is 17.2 Å². The van der Waals surface area contributed by atoms with E-state index < -0.39 is 0 Å². The number of fused-ring (bicyclic) bond motifs is 2. The zero-order valence-electron chi connectivity index (χ0n) is 17.4. The SMILES string of the molecule is Cc1nn(-c2nncc(-c3ccc(Cl)cc3)n2)c2c1[C@@H](c1ccc3c(c1)OCO3)CC(=O)N2. The molecule has 1 amide bonds. The van der Waals surface area contributed by atoms with E-state index in [1.807, 2.05) is 37.3 Å². The Morgan fingerprint density at radius 3 is 2.79 bits per heavy atom. The Kier molecular flexibility index (Phi) is 4.51. The fourth-order valence-electron chi connectivity index (χ4n) is 4.25. The molecule has 0 spiro atoms. The highest BCUT2D eigenvalue weighted by Gasteiger charge is 2.34. The smallest absolute Gasteiger partial charge is 0.272 e. The molecule has 1 N–H and O–H groups in total. The first-order chi connectivity index (χ1) is 16.1. The molecule has 0 bridgehead atoms. The van der Waals surface area contributed by atoms with Gasteiger partial charge < -0.3 is 14.8 Å². The molecule has 0 aliphatic carbocycles. The highest BCUT2D eigenvalue weighted by Crippen LogP contribution is 2.43. The molecular weight excluding hydrogens is 444 g/mol. The topological polar surface area (TPSA) is 104 Å². The van der Waals surface area contributed by atoms with Crippen molar-refractivity contribution in [2.24, 2.45) is 0 Å². The van der Waals surface area contributed by atoms with Gasteiger partial charge in [0.15, 0.2) is 11.5 Å². The van der Waals surface area contributed by atoms with E-state index in [0.717, 1.165) is 22.4 Å². The number of benzene rings is 2. The minimum absolute atomic E-state index is 0.117. The van der Waals surface area contributed by atoms with Gasteiger partial charge in [-0.3, -0.25) is 4.79 Å². The lowest BCUT2D eigenvalue weighted by molar-refractivity contribution is -0.116. The van der Waals surface area contributed by atoms with Gasteiger partial charge in [-0.05, 0) is 36.8 Å². The first kappa shape index (κ1) is 19.7. The summed E-state index contributed by atoms with van der Waals surface area (Å²) in [6, 6.07) is 13.0. The van der Waals surface area contributed by atoms with Gasteiger partial charge in [-0.15, -0.1) is 5.10 Å². The third-order valence-corrected chi connectivity index (χ3v) is 6.03. The number of anilines is 1. The molecule has 0 radical (unpaired) electrons. The van der Waals surface area contributed by atoms with Crippen LogP contribution in [0.15, 0.2) is 48.7 Å². The number of amides is 1. The van der Waals surface area contributed by atoms with Crippen molar-refractivity contribution in [1.82, 2.24) is 25.0 Å². The number of nitrogens with one attached hydrogen (secondary N) is 1. The molecule has 164 valence electrons. The molecule has 2 aromatic heterocycles. The number of ether oxygens (including phenoxy) is 2. The van der Waals surface area contributed by atoms with Gasteiger partial charge in [-0.25, -0.2) is 4.98 Å². The van der Waals surface area contributed by atoms with Crippen LogP contribution in [-0.2, 0) is 4.79 Å². The molecule has 33 heavy (non-hydrogen) atoms. The summed E-state index contributed by atoms with van der Waals surface area (Å²) in [6.45, 7) is 2.10. The Hall–Kier alpha value is -3.98. The molecule has 9 nitrogen and oxygen atoms in total. The maximum Gasteiger partial charge on any atom is 0.272 e. The largest absolute Gasteiger partial charge is 0.454 e. The van der Waals surface area contributed by atoms with E-state index in [0.29, 0.717) is 34.5 Å². The van der Waals surface area contributed by atoms with Crippen LogP contribution in [0.3, 0.4) is 0 Å². The monoisotopic (exact) mass is 460 g/mol. The third-order valence-electron chi connectivity index (χ3n) is 5.78. The second-order valence-electron chi connectivity index (χ2n) is 7.83. The van der Waals surface area contributed by atoms with Gasteiger partial charge in [-0.2, -0.15) is 14.9 Å². The molecule has 4 heterocycles. The Labute approximate surface area is 193 Å². The van der Waals surface area contributed by atoms with Crippen LogP contribution >= 0.6 is 11.6 Å². The number of carbonyl (C=O) groups excluding carboxylic acids is 1. The summed E-state index contributed by atoms with van der Waals surface area (Å²) in [5.74, 6) is 1.87. The number of hydrogen-bond acceptors (Lipinski definition) is 7. The average Bonchev–Trinajstić information content (AvgIpc) is 3.43. The van der Waals surface area contributed by atoms with E-state index >= 15 is 0 Å². The Morgan fingerprint density at radius 2 is 1.94 bits per heavy atom. The van der Waals surface area contributed by atoms with Crippen LogP contribution in [0, 0.1) is 6.92 Å². The number of nitrogens with zero attached hydrogens (tertiary/aromatic N) is 5. The second kappa shape index (κ2) is 7.56. The van der Waals surface area contributed by atoms with Crippen LogP contribution < -0.4 is 14.8 Å². The van der Waals surface area contributed by atoms with E-state index in [-0.39, 0.29) is 24.6 Å². The number of rotatable bonds is 3. The average molecular weight is 461 g/mol. The summed E-state index contributed by atoms with van der Waals surface area (Å²) in [6.07, 6.45) is 1.87. The fraction of sp³-hybridized carbons (Fsp3) is 0.174. The van der Waals surface area contributed by atoms with Gasteiger partial charge in [0.25, 0.3) is 5.95 Å². The predicted octanol–water partition coefficient (Wildman–Crippen LogP) is 3.89. The third kappa shape index (κ3) is 3.37. The minimum atomic E-state index is -0.190. The first-order valence-corrected chi connectivity index (χ1v) is 10.7. The second-order valence-corrected chi connectivity index (χ2v) is 8.26. The highest BCUT2D eigenvalue weighted by atomic mass is 35.5. The normalized spacial score (nSPS) is 16.4. The molecular formula is C23H17ClN6O3. The van der Waals surface area contributed by atoms with Crippen molar-refractivity contribution in [3.05, 3.63) is 70.5 Å². The summed E-state index contributed by atoms with van der Waals surface area (Å²) >= 11 is 6.00. The number of hydrogen-bond donors (Lipinski definition) is 1. The lowest BCUT2D eigenvalue weighted by Crippen LogP contribution is -2.25. The molecule has 0 saturated carbocycles. The maximum atomic E-state index is 12.7. The lowest BCUT2D eigenvalue weighted by atomic mass is 9.85. The zero-order chi connectivity index (χ0) is 22.5. The lowest BCUT2D eigenvalue weighted by Gasteiger charge is -2.24. The van der Waals surface area contributed by atoms with Crippen molar-refractivity contribution in [2.45, 2.75) is 19.3 Å². The van der Waals surface area contributed by atoms with Crippen molar-refractivity contribution >= 4 is 23.3 Å². The molecule has 0 unspecified atom stereocenters. The summed E-state index contributed by atoms with van der Waals surface area (Å²) in [5, 5.41) is 16.5. The van der Waals surface area contributed by atoms with Crippen molar-refractivity contribution in [3.63, 3.8) is 0 Å². The van der Waals surface area contributed by atoms with Gasteiger partial charge >= 0.3 is 0 Å². The van der Waals surface area contributed by atoms with E-state index in [9.17, 15) is 4.79 Å². The van der Waals surface area contributed by atoms with Gasteiger partial charge in [0.05, 0.1) is 17.6 Å². The highest BCUT2D eigenvalue weighted by molar-refractivity contribution is 6.30. The zero-order valence-corrected chi connectivity index (χ0v) is 18.2. The van der Waals surface area contributed by atoms with Crippen LogP contribution in [0.4, 0.5) is 5.82 Å². The number of carbonyl (C=O) groups is 1. The quantitative estimate of drug-likeness (QED) is 0.494. The first-order valence-electron chi connectivity index (χ1n) is 10.3. The Morgan fingerprint density at radius 1 is 1.12 bits per heavy atom. The van der Waals surface area contributed by atoms with Gasteiger partial charge in [-0.1, -0.05) is 29.8 Å². The van der Waals surface area contributed by atoms with E-state index in [2.05, 4.69) is 25.6 Å². The predicted molar refractivity (Wildman–Crippen MR) is 120 cm³/mol. The van der Waals surface area contributed by atoms with Crippen LogP contribution in [0.1, 0.15) is 29.2 Å². The Balaban J connectivity index is 1.44. The number of aryl methyl sites for hydroxylation is 1. The number of aromatic nitrogens is 5. The minimum Gasteiger partial charge on any atom is -0.454 e. The molecule has 4 aromatic rings. The van der Waals surface area contributed by atoms with Crippen molar-refractivity contribution in [3.8, 4) is 28.7 Å². The standard InChI is InChI=1S/C23H17ClN6O3/c1-12-21-16(14-4-7-18-19(8-14)33-11-32-18)9-20(31)27-22(21)30(29-12)23-26-17(10-25-28-23)13-2-5-15(24)6-3-13/h2-8,10,16H,9,11H2,1H3,(H,27,31)/t16-/m1/s1. The van der Waals surface area contributed by atoms with Crippen LogP contribution in [-0.4, -0.2) is 37.7 Å². The summed E-state index contributed by atoms with van der Waals surface area (Å²) in [7, 11) is 0. The molecule has 1 atom stereocenters. The summed E-state index contributed by atoms with van der Waals surface area (Å²) in [5.41, 5.74) is 4.10. The molecule has 2 aromatic carbocycles. The van der Waals surface area contributed by atoms with Gasteiger partial charge in [0, 0.05) is 28.5 Å². The summed E-state index contributed by atoms with van der Waals surface area (Å²) < 4.78 is 12.5. The van der Waals surface area contributed by atoms with Gasteiger partial charge in [0.1, 0.15) is 5.82 Å². The fourth-order valence-corrected chi connectivity index (χ4v) is 4.38. The van der Waals surface area contributed by atoms with E-state index in [1.165, 1.54) is 4.68 Å². The molecule has 10 heteroatoms. The van der Waals surface area contributed by atoms with Crippen molar-refractivity contribution in [1.29, 1.82) is 0 Å². The van der Waals surface area contributed by atoms with Crippen molar-refractivity contribution < 1.29 is 14.3 Å². The Bertz CT molecular complexity index is 1400. The molecule has 6 rings (SSSR count). The van der Waals surface area contributed by atoms with Crippen LogP contribution in [0.5, 0.6) is 11.5 Å². The molecule has 2 aliphatic rings. The summed E-state index contributed by atoms with van der Waals surface area (Å²) in [4.78, 5) is 17.3. The van der Waals surface area contributed by atoms with E-state index in [1.54, 1.807) is 18.3 Å². The van der Waals surface area contributed by atoms with Crippen LogP contribution in [0.2, 0.25) is 5.02 Å². The number of halogens is 1. The molecule has 0 saturated heterocycles.